The minimum atomic E-state index is -0.0597. The van der Waals surface area contributed by atoms with Gasteiger partial charge in [-0.05, 0) is 29.8 Å². The number of fused-ring (bicyclic) bond motifs is 1. The summed E-state index contributed by atoms with van der Waals surface area (Å²) in [4.78, 5) is 16.8. The molecule has 1 saturated heterocycles. The van der Waals surface area contributed by atoms with Crippen LogP contribution in [0.1, 0.15) is 10.9 Å². The van der Waals surface area contributed by atoms with Gasteiger partial charge in [0.25, 0.3) is 0 Å². The van der Waals surface area contributed by atoms with E-state index in [1.54, 1.807) is 52.0 Å². The Bertz CT molecular complexity index is 880. The summed E-state index contributed by atoms with van der Waals surface area (Å²) in [6, 6.07) is 15.1. The van der Waals surface area contributed by atoms with E-state index in [0.29, 0.717) is 12.3 Å². The maximum Gasteiger partial charge on any atom is 0.248 e. The lowest BCUT2D eigenvalue weighted by molar-refractivity contribution is -0.131. The molecule has 0 aliphatic carbocycles. The maximum atomic E-state index is 12.2. The Labute approximate surface area is 163 Å². The molecule has 4 rings (SSSR count). The first kappa shape index (κ1) is 17.7. The Morgan fingerprint density at radius 1 is 1.23 bits per heavy atom. The van der Waals surface area contributed by atoms with Gasteiger partial charge in [0, 0.05) is 12.3 Å². The molecule has 1 unspecified atom stereocenters. The van der Waals surface area contributed by atoms with Crippen LogP contribution >= 0.6 is 34.9 Å². The minimum absolute atomic E-state index is 0.0597. The third-order valence-electron chi connectivity index (χ3n) is 3.93. The van der Waals surface area contributed by atoms with Gasteiger partial charge in [-0.1, -0.05) is 36.0 Å². The lowest BCUT2D eigenvalue weighted by atomic mass is 10.2. The van der Waals surface area contributed by atoms with Crippen molar-refractivity contribution in [2.75, 3.05) is 18.1 Å². The molecule has 134 valence electrons. The van der Waals surface area contributed by atoms with Crippen molar-refractivity contribution in [3.63, 3.8) is 0 Å². The number of thiazole rings is 1. The zero-order chi connectivity index (χ0) is 17.9. The number of rotatable bonds is 6. The fourth-order valence-electron chi connectivity index (χ4n) is 2.70. The number of phenolic OH excluding ortho intramolecular Hbond substituents is 1. The summed E-state index contributed by atoms with van der Waals surface area (Å²) in [5.41, 5.74) is 5.29. The Morgan fingerprint density at radius 2 is 2.04 bits per heavy atom. The molecule has 5 nitrogen and oxygen atoms in total. The number of aromatic nitrogens is 1. The number of nitrogens with zero attached hydrogens (tertiary/aromatic N) is 2. The van der Waals surface area contributed by atoms with E-state index >= 15 is 0 Å². The summed E-state index contributed by atoms with van der Waals surface area (Å²) < 4.78 is 2.24. The second-order valence-electron chi connectivity index (χ2n) is 5.72. The highest BCUT2D eigenvalue weighted by Crippen LogP contribution is 2.37. The molecule has 1 atom stereocenters. The van der Waals surface area contributed by atoms with E-state index in [1.165, 1.54) is 4.70 Å². The van der Waals surface area contributed by atoms with Crippen LogP contribution in [0.15, 0.2) is 52.9 Å². The van der Waals surface area contributed by atoms with Crippen LogP contribution in [0, 0.1) is 0 Å². The van der Waals surface area contributed by atoms with Crippen LogP contribution in [-0.2, 0) is 4.79 Å². The molecule has 0 saturated carbocycles. The first-order chi connectivity index (χ1) is 12.7. The van der Waals surface area contributed by atoms with E-state index in [-0.39, 0.29) is 17.0 Å². The van der Waals surface area contributed by atoms with Crippen LogP contribution < -0.4 is 5.43 Å². The van der Waals surface area contributed by atoms with E-state index in [9.17, 15) is 9.90 Å². The number of thioether (sulfide) groups is 2. The van der Waals surface area contributed by atoms with E-state index < -0.39 is 0 Å². The molecule has 1 amide bonds. The van der Waals surface area contributed by atoms with Gasteiger partial charge in [-0.3, -0.25) is 9.80 Å². The van der Waals surface area contributed by atoms with Crippen molar-refractivity contribution in [1.82, 2.24) is 15.4 Å². The highest BCUT2D eigenvalue weighted by atomic mass is 32.2. The van der Waals surface area contributed by atoms with Gasteiger partial charge in [0.15, 0.2) is 4.34 Å². The summed E-state index contributed by atoms with van der Waals surface area (Å²) in [7, 11) is 0. The quantitative estimate of drug-likeness (QED) is 0.481. The molecule has 3 aromatic rings. The van der Waals surface area contributed by atoms with Gasteiger partial charge in [0.05, 0.1) is 16.0 Å². The molecule has 2 N–H and O–H groups in total. The number of nitrogens with one attached hydrogen (secondary N) is 1. The first-order valence-corrected chi connectivity index (χ1v) is 11.0. The lowest BCUT2D eigenvalue weighted by Gasteiger charge is -2.24. The first-order valence-electron chi connectivity index (χ1n) is 8.15. The number of aromatic hydroxyl groups is 1. The predicted molar refractivity (Wildman–Crippen MR) is 108 cm³/mol. The molecule has 0 bridgehead atoms. The van der Waals surface area contributed by atoms with Crippen LogP contribution in [-0.4, -0.2) is 39.1 Å². The van der Waals surface area contributed by atoms with Crippen molar-refractivity contribution in [1.29, 1.82) is 0 Å². The fourth-order valence-corrected chi connectivity index (χ4v) is 5.81. The number of para-hydroxylation sites is 1. The fraction of sp³-hybridized carbons (Fsp3) is 0.222. The van der Waals surface area contributed by atoms with Crippen molar-refractivity contribution in [3.8, 4) is 5.75 Å². The molecule has 26 heavy (non-hydrogen) atoms. The number of hydrogen-bond acceptors (Lipinski definition) is 7. The van der Waals surface area contributed by atoms with Gasteiger partial charge >= 0.3 is 0 Å². The van der Waals surface area contributed by atoms with Crippen molar-refractivity contribution < 1.29 is 9.90 Å². The topological polar surface area (TPSA) is 65.5 Å². The molecular weight excluding hydrogens is 386 g/mol. The molecule has 1 fully saturated rings. The number of amides is 1. The molecule has 0 radical (unpaired) electrons. The molecule has 1 aliphatic rings. The van der Waals surface area contributed by atoms with Crippen LogP contribution in [0.2, 0.25) is 0 Å². The van der Waals surface area contributed by atoms with Crippen LogP contribution in [0.3, 0.4) is 0 Å². The molecular formula is C18H17N3O2S3. The minimum Gasteiger partial charge on any atom is -0.508 e. The Balaban J connectivity index is 1.33. The highest BCUT2D eigenvalue weighted by Gasteiger charge is 2.32. The summed E-state index contributed by atoms with van der Waals surface area (Å²) in [5, 5.41) is 11.1. The van der Waals surface area contributed by atoms with E-state index in [4.69, 9.17) is 0 Å². The van der Waals surface area contributed by atoms with Crippen molar-refractivity contribution in [2.24, 2.45) is 0 Å². The van der Waals surface area contributed by atoms with Crippen molar-refractivity contribution >= 4 is 51.0 Å². The van der Waals surface area contributed by atoms with Gasteiger partial charge in [0.2, 0.25) is 5.91 Å². The van der Waals surface area contributed by atoms with Crippen LogP contribution in [0.5, 0.6) is 5.75 Å². The van der Waals surface area contributed by atoms with Gasteiger partial charge < -0.3 is 5.11 Å². The molecule has 8 heteroatoms. The standard InChI is InChI=1S/C18H17N3O2S3/c22-13-7-5-12(6-8-13)17-21(16(23)11-25-17)19-9-10-24-18-20-14-3-1-2-4-15(14)26-18/h1-8,17,19,22H,9-11H2. The summed E-state index contributed by atoms with van der Waals surface area (Å²) in [6.45, 7) is 0.682. The number of hydrazine groups is 1. The second kappa shape index (κ2) is 7.87. The average Bonchev–Trinajstić information content (AvgIpc) is 3.23. The Morgan fingerprint density at radius 3 is 2.85 bits per heavy atom. The Kier molecular flexibility index (Phi) is 5.35. The molecule has 1 aromatic heterocycles. The van der Waals surface area contributed by atoms with E-state index in [2.05, 4.69) is 16.5 Å². The van der Waals surface area contributed by atoms with Crippen LogP contribution in [0.25, 0.3) is 10.2 Å². The monoisotopic (exact) mass is 403 g/mol. The normalized spacial score (nSPS) is 17.3. The van der Waals surface area contributed by atoms with E-state index in [0.717, 1.165) is 21.2 Å². The predicted octanol–water partition coefficient (Wildman–Crippen LogP) is 3.87. The Hall–Kier alpha value is -1.74. The average molecular weight is 404 g/mol. The smallest absolute Gasteiger partial charge is 0.248 e. The molecule has 2 aromatic carbocycles. The summed E-state index contributed by atoms with van der Waals surface area (Å²) >= 11 is 4.98. The molecule has 1 aliphatic heterocycles. The van der Waals surface area contributed by atoms with Crippen molar-refractivity contribution in [3.05, 3.63) is 54.1 Å². The van der Waals surface area contributed by atoms with Gasteiger partial charge in [0.1, 0.15) is 11.1 Å². The van der Waals surface area contributed by atoms with Crippen molar-refractivity contribution in [2.45, 2.75) is 9.71 Å². The number of benzene rings is 2. The third-order valence-corrected chi connectivity index (χ3v) is 7.32. The van der Waals surface area contributed by atoms with E-state index in [1.807, 2.05) is 30.3 Å². The SMILES string of the molecule is O=C1CSC(c2ccc(O)cc2)N1NCCSc1nc2ccccc2s1. The number of phenols is 1. The summed E-state index contributed by atoms with van der Waals surface area (Å²) in [5.74, 6) is 1.60. The molecule has 2 heterocycles. The zero-order valence-electron chi connectivity index (χ0n) is 13.8. The van der Waals surface area contributed by atoms with Gasteiger partial charge in [-0.15, -0.1) is 23.1 Å². The number of carbonyl (C=O) groups is 1. The number of hydrogen-bond donors (Lipinski definition) is 2. The second-order valence-corrected chi connectivity index (χ2v) is 9.16. The highest BCUT2D eigenvalue weighted by molar-refractivity contribution is 8.01. The summed E-state index contributed by atoms with van der Waals surface area (Å²) in [6.07, 6.45) is 0. The maximum absolute atomic E-state index is 12.2. The van der Waals surface area contributed by atoms with Gasteiger partial charge in [-0.2, -0.15) is 0 Å². The van der Waals surface area contributed by atoms with Gasteiger partial charge in [-0.25, -0.2) is 10.4 Å². The molecule has 0 spiro atoms. The van der Waals surface area contributed by atoms with Crippen LogP contribution in [0.4, 0.5) is 0 Å². The third kappa shape index (κ3) is 3.83. The largest absolute Gasteiger partial charge is 0.508 e. The number of carbonyl (C=O) groups excluding carboxylic acids is 1. The zero-order valence-corrected chi connectivity index (χ0v) is 16.2. The lowest BCUT2D eigenvalue weighted by Crippen LogP contribution is -2.42.